The Morgan fingerprint density at radius 3 is 2.33 bits per heavy atom. The molecule has 3 nitrogen and oxygen atoms in total. The number of benzene rings is 6. The van der Waals surface area contributed by atoms with Gasteiger partial charge in [0.15, 0.2) is 0 Å². The van der Waals surface area contributed by atoms with Gasteiger partial charge in [0.1, 0.15) is 5.82 Å². The second-order valence-electron chi connectivity index (χ2n) is 16.0. The number of thioether (sulfide) groups is 1. The van der Waals surface area contributed by atoms with E-state index in [0.717, 1.165) is 61.7 Å². The number of carbonyl (C=O) groups is 1. The van der Waals surface area contributed by atoms with Gasteiger partial charge in [0, 0.05) is 16.2 Å². The van der Waals surface area contributed by atoms with Crippen LogP contribution in [-0.2, 0) is 11.2 Å². The fourth-order valence-corrected chi connectivity index (χ4v) is 9.55. The van der Waals surface area contributed by atoms with Gasteiger partial charge in [-0.15, -0.1) is 11.8 Å². The molecule has 0 bridgehead atoms. The number of hydrogen-bond donors (Lipinski definition) is 2. The highest BCUT2D eigenvalue weighted by Gasteiger charge is 2.37. The van der Waals surface area contributed by atoms with E-state index in [1.54, 1.807) is 42.1 Å². The number of halogens is 1. The van der Waals surface area contributed by atoms with Crippen LogP contribution in [0.15, 0.2) is 138 Å². The highest BCUT2D eigenvalue weighted by molar-refractivity contribution is 7.98. The fraction of sp³-hybridized carbons (Fsp3) is 0.204. The number of aromatic carboxylic acids is 1. The van der Waals surface area contributed by atoms with Crippen molar-refractivity contribution in [2.24, 2.45) is 5.41 Å². The van der Waals surface area contributed by atoms with E-state index < -0.39 is 12.1 Å². The smallest absolute Gasteiger partial charge is 0.335 e. The van der Waals surface area contributed by atoms with E-state index in [-0.39, 0.29) is 22.2 Å². The van der Waals surface area contributed by atoms with Crippen molar-refractivity contribution in [1.82, 2.24) is 0 Å². The molecule has 8 rings (SSSR count). The van der Waals surface area contributed by atoms with Gasteiger partial charge in [0.25, 0.3) is 0 Å². The molecule has 2 N–H and O–H groups in total. The van der Waals surface area contributed by atoms with Gasteiger partial charge < -0.3 is 10.2 Å². The summed E-state index contributed by atoms with van der Waals surface area (Å²) in [6.45, 7) is 9.38. The minimum Gasteiger partial charge on any atom is -0.478 e. The van der Waals surface area contributed by atoms with Crippen LogP contribution in [0.2, 0.25) is 0 Å². The molecule has 2 aliphatic carbocycles. The Morgan fingerprint density at radius 1 is 0.852 bits per heavy atom. The van der Waals surface area contributed by atoms with Crippen LogP contribution >= 0.6 is 11.8 Å². The number of carboxylic acid groups (broad SMARTS) is 1. The number of rotatable bonds is 8. The van der Waals surface area contributed by atoms with Crippen LogP contribution in [0.5, 0.6) is 0 Å². The number of aliphatic hydroxyl groups is 1. The van der Waals surface area contributed by atoms with Gasteiger partial charge in [0.05, 0.1) is 11.7 Å². The first-order valence-corrected chi connectivity index (χ1v) is 19.5. The van der Waals surface area contributed by atoms with Gasteiger partial charge in [-0.3, -0.25) is 0 Å². The number of fused-ring (bicyclic) bond motifs is 5. The topological polar surface area (TPSA) is 57.5 Å². The van der Waals surface area contributed by atoms with Crippen LogP contribution in [0.1, 0.15) is 84.8 Å². The monoisotopic (exact) mass is 730 g/mol. The van der Waals surface area contributed by atoms with Gasteiger partial charge >= 0.3 is 5.97 Å². The minimum absolute atomic E-state index is 0.0978. The van der Waals surface area contributed by atoms with Crippen LogP contribution in [-0.4, -0.2) is 16.2 Å². The molecule has 0 fully saturated rings. The highest BCUT2D eigenvalue weighted by Crippen LogP contribution is 2.53. The summed E-state index contributed by atoms with van der Waals surface area (Å²) < 4.78 is 13.9. The van der Waals surface area contributed by atoms with Crippen molar-refractivity contribution >= 4 is 50.9 Å². The zero-order chi connectivity index (χ0) is 37.8. The molecule has 1 unspecified atom stereocenters. The molecule has 6 aromatic carbocycles. The molecule has 0 saturated heterocycles. The highest BCUT2D eigenvalue weighted by atomic mass is 32.2. The summed E-state index contributed by atoms with van der Waals surface area (Å²) >= 11 is 1.77. The average molecular weight is 731 g/mol. The molecule has 54 heavy (non-hydrogen) atoms. The van der Waals surface area contributed by atoms with E-state index in [1.165, 1.54) is 39.8 Å². The normalized spacial score (nSPS) is 16.5. The lowest BCUT2D eigenvalue weighted by Crippen LogP contribution is -2.28. The van der Waals surface area contributed by atoms with E-state index in [1.807, 2.05) is 30.3 Å². The molecule has 0 amide bonds. The van der Waals surface area contributed by atoms with Crippen molar-refractivity contribution in [3.05, 3.63) is 172 Å². The lowest BCUT2D eigenvalue weighted by molar-refractivity contribution is 0.0697. The Kier molecular flexibility index (Phi) is 9.20. The summed E-state index contributed by atoms with van der Waals surface area (Å²) in [5.41, 5.74) is 10.4. The Hall–Kier alpha value is -5.23. The summed E-state index contributed by atoms with van der Waals surface area (Å²) in [5, 5.41) is 25.7. The van der Waals surface area contributed by atoms with Gasteiger partial charge in [-0.25, -0.2) is 9.18 Å². The number of aliphatic hydroxyl groups excluding tert-OH is 1. The third-order valence-electron chi connectivity index (χ3n) is 11.0. The van der Waals surface area contributed by atoms with Crippen LogP contribution in [0, 0.1) is 11.2 Å². The summed E-state index contributed by atoms with van der Waals surface area (Å²) in [5.74, 6) is -0.535. The summed E-state index contributed by atoms with van der Waals surface area (Å²) in [7, 11) is 0. The van der Waals surface area contributed by atoms with Crippen LogP contribution in [0.3, 0.4) is 0 Å². The maximum absolute atomic E-state index is 13.9. The lowest BCUT2D eigenvalue weighted by atomic mass is 9.64. The molecule has 0 saturated carbocycles. The maximum atomic E-state index is 13.9. The predicted molar refractivity (Wildman–Crippen MR) is 222 cm³/mol. The minimum atomic E-state index is -0.975. The Balaban J connectivity index is 1.30. The van der Waals surface area contributed by atoms with Gasteiger partial charge in [-0.1, -0.05) is 130 Å². The van der Waals surface area contributed by atoms with E-state index in [4.69, 9.17) is 0 Å². The van der Waals surface area contributed by atoms with Crippen LogP contribution in [0.25, 0.3) is 44.3 Å². The molecular weight excluding hydrogens is 688 g/mol. The zero-order valence-corrected chi connectivity index (χ0v) is 31.8. The molecule has 1 atom stereocenters. The average Bonchev–Trinajstić information content (AvgIpc) is 3.15. The molecule has 2 aliphatic rings. The van der Waals surface area contributed by atoms with Gasteiger partial charge in [-0.2, -0.15) is 0 Å². The first-order valence-electron chi connectivity index (χ1n) is 18.5. The van der Waals surface area contributed by atoms with Crippen molar-refractivity contribution in [3.63, 3.8) is 0 Å². The predicted octanol–water partition coefficient (Wildman–Crippen LogP) is 13.0. The maximum Gasteiger partial charge on any atom is 0.335 e. The first kappa shape index (κ1) is 35.8. The molecule has 0 heterocycles. The second kappa shape index (κ2) is 13.9. The molecule has 5 heteroatoms. The van der Waals surface area contributed by atoms with Crippen molar-refractivity contribution in [2.45, 2.75) is 62.7 Å². The molecule has 270 valence electrons. The van der Waals surface area contributed by atoms with E-state index in [2.05, 4.69) is 88.4 Å². The van der Waals surface area contributed by atoms with Gasteiger partial charge in [-0.05, 0) is 121 Å². The summed E-state index contributed by atoms with van der Waals surface area (Å²) in [6.07, 6.45) is 9.43. The van der Waals surface area contributed by atoms with E-state index in [0.29, 0.717) is 5.75 Å². The van der Waals surface area contributed by atoms with Gasteiger partial charge in [0.2, 0.25) is 0 Å². The largest absolute Gasteiger partial charge is 0.478 e. The fourth-order valence-electron chi connectivity index (χ4n) is 8.46. The molecule has 6 aromatic rings. The van der Waals surface area contributed by atoms with Crippen molar-refractivity contribution in [2.75, 3.05) is 0 Å². The van der Waals surface area contributed by atoms with E-state index >= 15 is 0 Å². The van der Waals surface area contributed by atoms with Crippen LogP contribution in [0.4, 0.5) is 4.39 Å². The lowest BCUT2D eigenvalue weighted by Gasteiger charge is -2.40. The van der Waals surface area contributed by atoms with Crippen LogP contribution < -0.4 is 0 Å². The molecule has 0 spiro atoms. The SMILES string of the molecule is CC1(C)C=CC2=C(C1)CC(C)(C)c1c2ccc2cc(-c3ccc4ccccc4c3C(O)C=Cc3ccc(C(=O)O)cc3)cc(SCc3ccc(F)cc3)c12. The Bertz CT molecular complexity index is 2540. The Labute approximate surface area is 320 Å². The third-order valence-corrected chi connectivity index (χ3v) is 12.1. The molecule has 0 aliphatic heterocycles. The first-order chi connectivity index (χ1) is 25.9. The van der Waals surface area contributed by atoms with Crippen molar-refractivity contribution < 1.29 is 19.4 Å². The standard InChI is InChI=1S/C49H43FO3S/c1-48(2)24-23-38-36(27-48)28-49(3,4)46-41(38)21-17-34-25-35(26-43(44(34)46)54-29-31-11-18-37(50)19-12-31)40-20-16-32-7-5-6-8-39(32)45(40)42(51)22-13-30-9-14-33(15-10-30)47(52)53/h5-26,42,51H,27-29H2,1-4H3,(H,52,53). The number of hydrogen-bond acceptors (Lipinski definition) is 3. The Morgan fingerprint density at radius 2 is 1.57 bits per heavy atom. The van der Waals surface area contributed by atoms with E-state index in [9.17, 15) is 19.4 Å². The summed E-state index contributed by atoms with van der Waals surface area (Å²) in [4.78, 5) is 12.5. The zero-order valence-electron chi connectivity index (χ0n) is 31.0. The second-order valence-corrected chi connectivity index (χ2v) is 17.0. The molecule has 0 radical (unpaired) electrons. The number of carboxylic acids is 1. The number of allylic oxidation sites excluding steroid dienone is 4. The summed E-state index contributed by atoms with van der Waals surface area (Å²) in [6, 6.07) is 34.9. The third kappa shape index (κ3) is 6.83. The van der Waals surface area contributed by atoms with Crippen molar-refractivity contribution in [1.29, 1.82) is 0 Å². The quantitative estimate of drug-likeness (QED) is 0.153. The molecule has 0 aromatic heterocycles. The molecular formula is C49H43FO3S. The van der Waals surface area contributed by atoms with Crippen molar-refractivity contribution in [3.8, 4) is 11.1 Å².